The van der Waals surface area contributed by atoms with Gasteiger partial charge < -0.3 is 9.84 Å². The van der Waals surface area contributed by atoms with Crippen LogP contribution in [-0.2, 0) is 20.4 Å². The maximum absolute atomic E-state index is 13.3. The number of aromatic amines is 1. The van der Waals surface area contributed by atoms with E-state index in [4.69, 9.17) is 62.9 Å². The van der Waals surface area contributed by atoms with Crippen LogP contribution in [0.1, 0.15) is 24.6 Å². The van der Waals surface area contributed by atoms with Gasteiger partial charge in [0, 0.05) is 18.9 Å². The number of fused-ring (bicyclic) bond motifs is 1. The number of halogens is 2. The molecule has 0 amide bonds. The van der Waals surface area contributed by atoms with Crippen molar-refractivity contribution in [1.29, 1.82) is 0 Å². The molecule has 3 atom stereocenters. The smallest absolute Gasteiger partial charge is 0.400 e. The number of aliphatic hydroxyl groups is 1. The Hall–Kier alpha value is -1.30. The number of aliphatic hydroxyl groups excluding tert-OH is 1. The van der Waals surface area contributed by atoms with Gasteiger partial charge >= 0.3 is 8.17 Å². The molecular weight excluding hydrogens is 483 g/mol. The van der Waals surface area contributed by atoms with Gasteiger partial charge in [-0.1, -0.05) is 11.6 Å². The number of ether oxygens (including phenoxy) is 1. The molecule has 9 nitrogen and oxygen atoms in total. The number of rotatable bonds is 4. The lowest BCUT2D eigenvalue weighted by Crippen LogP contribution is -2.47. The van der Waals surface area contributed by atoms with Gasteiger partial charge in [-0.3, -0.25) is 18.9 Å². The average molecular weight is 501 g/mol. The van der Waals surface area contributed by atoms with Crippen molar-refractivity contribution in [2.75, 3.05) is 7.11 Å². The van der Waals surface area contributed by atoms with Gasteiger partial charge in [0.1, 0.15) is 39.4 Å². The third-order valence-electron chi connectivity index (χ3n) is 4.63. The third-order valence-corrected chi connectivity index (χ3v) is 6.64. The Morgan fingerprint density at radius 1 is 1.41 bits per heavy atom. The fourth-order valence-electron chi connectivity index (χ4n) is 3.19. The Morgan fingerprint density at radius 2 is 2.12 bits per heavy atom. The molecule has 2 aromatic rings. The molecule has 0 bridgehead atoms. The Balaban J connectivity index is 0.00000141. The number of nitrogens with one attached hydrogen (secondary N) is 1. The van der Waals surface area contributed by atoms with Crippen molar-refractivity contribution in [3.8, 4) is 5.75 Å². The van der Waals surface area contributed by atoms with E-state index in [1.807, 2.05) is 0 Å². The summed E-state index contributed by atoms with van der Waals surface area (Å²) in [6.07, 6.45) is 0.646. The number of H-pyrrole nitrogens is 1. The first-order chi connectivity index (χ1) is 15.1. The average Bonchev–Trinajstić information content (AvgIpc) is 3.23. The van der Waals surface area contributed by atoms with Crippen LogP contribution >= 0.6 is 32.0 Å². The van der Waals surface area contributed by atoms with Crippen molar-refractivity contribution in [2.24, 2.45) is 0 Å². The van der Waals surface area contributed by atoms with Crippen molar-refractivity contribution in [3.63, 3.8) is 0 Å². The molecule has 168 valence electrons. The van der Waals surface area contributed by atoms with Gasteiger partial charge in [0.25, 0.3) is 5.56 Å². The largest absolute Gasteiger partial charge is 0.618 e. The van der Waals surface area contributed by atoms with E-state index >= 15 is 0 Å². The maximum atomic E-state index is 13.3. The maximum Gasteiger partial charge on any atom is 0.618 e. The van der Waals surface area contributed by atoms with E-state index in [1.165, 1.54) is 29.0 Å². The minimum Gasteiger partial charge on any atom is -0.400 e. The number of hydrogen-bond donors (Lipinski definition) is 3. The van der Waals surface area contributed by atoms with Crippen LogP contribution in [0.5, 0.6) is 5.75 Å². The van der Waals surface area contributed by atoms with Crippen molar-refractivity contribution >= 4 is 47.7 Å². The van der Waals surface area contributed by atoms with Gasteiger partial charge in [-0.15, -0.1) is 4.52 Å². The second-order valence-electron chi connectivity index (χ2n) is 6.83. The minimum absolute atomic E-state index is 0.0574. The highest BCUT2D eigenvalue weighted by Crippen LogP contribution is 2.63. The van der Waals surface area contributed by atoms with Crippen LogP contribution in [0.15, 0.2) is 29.2 Å². The molecular formula is C17H18B2ClFN2O7PS+. The normalized spacial score (nSPS) is 24.8. The zero-order valence-corrected chi connectivity index (χ0v) is 19.2. The van der Waals surface area contributed by atoms with E-state index in [0.29, 0.717) is 18.4 Å². The van der Waals surface area contributed by atoms with Gasteiger partial charge in [0.2, 0.25) is 0 Å². The molecule has 15 heteroatoms. The summed E-state index contributed by atoms with van der Waals surface area (Å²) in [5.41, 5.74) is -0.106. The van der Waals surface area contributed by atoms with Crippen LogP contribution < -0.4 is 10.1 Å². The summed E-state index contributed by atoms with van der Waals surface area (Å²) in [4.78, 5) is 24.6. The van der Waals surface area contributed by atoms with Crippen molar-refractivity contribution in [2.45, 2.75) is 37.2 Å². The second kappa shape index (κ2) is 9.90. The summed E-state index contributed by atoms with van der Waals surface area (Å²) >= 11 is 11.0. The highest BCUT2D eigenvalue weighted by Gasteiger charge is 2.56. The number of nitrogens with zero attached hydrogens (tertiary/aromatic N) is 1. The number of benzene rings is 1. The summed E-state index contributed by atoms with van der Waals surface area (Å²) in [7, 11) is 9.20. The Kier molecular flexibility index (Phi) is 7.84. The van der Waals surface area contributed by atoms with Crippen LogP contribution in [0.4, 0.5) is 4.39 Å². The number of aromatic nitrogens is 2. The van der Waals surface area contributed by atoms with Crippen molar-refractivity contribution < 1.29 is 32.7 Å². The van der Waals surface area contributed by atoms with Crippen LogP contribution in [0.3, 0.4) is 0 Å². The van der Waals surface area contributed by atoms with E-state index in [-0.39, 0.29) is 22.2 Å². The molecule has 0 spiro atoms. The van der Waals surface area contributed by atoms with E-state index in [9.17, 15) is 14.1 Å². The van der Waals surface area contributed by atoms with E-state index in [2.05, 4.69) is 4.98 Å². The predicted octanol–water partition coefficient (Wildman–Crippen LogP) is 2.27. The van der Waals surface area contributed by atoms with Gasteiger partial charge in [-0.2, -0.15) is 9.42 Å². The van der Waals surface area contributed by atoms with E-state index in [1.54, 1.807) is 0 Å². The van der Waals surface area contributed by atoms with Crippen LogP contribution in [0.25, 0.3) is 0 Å². The minimum atomic E-state index is -3.95. The van der Waals surface area contributed by atoms with Gasteiger partial charge in [0.05, 0.1) is 11.5 Å². The molecule has 2 aliphatic heterocycles. The lowest BCUT2D eigenvalue weighted by Gasteiger charge is -2.33. The fourth-order valence-corrected chi connectivity index (χ4v) is 4.99. The molecule has 32 heavy (non-hydrogen) atoms. The summed E-state index contributed by atoms with van der Waals surface area (Å²) in [6, 6.07) is 3.75. The summed E-state index contributed by atoms with van der Waals surface area (Å²) < 4.78 is 36.8. The standard InChI is InChI=1S/C16H13B2ClFN2O6PS.CH4O/c17-16(18,28-29(24)25-7-8-5-9(20)1-2-11(8)27-29)12-3-4-13(26-12)22-6-10(19)14(23)21-15(22)30;1-2/h1-2,5-6,12-13,24H,3-4,7H2;2H,1H3/p+1. The molecule has 1 fully saturated rings. The zero-order chi connectivity index (χ0) is 23.7. The topological polar surface area (TPSA) is 115 Å². The highest BCUT2D eigenvalue weighted by molar-refractivity contribution is 7.71. The Morgan fingerprint density at radius 3 is 2.84 bits per heavy atom. The molecule has 4 rings (SSSR count). The zero-order valence-electron chi connectivity index (χ0n) is 16.7. The summed E-state index contributed by atoms with van der Waals surface area (Å²) in [6.45, 7) is -0.146. The lowest BCUT2D eigenvalue weighted by atomic mass is 9.61. The Bertz CT molecular complexity index is 1110. The molecule has 1 saturated heterocycles. The van der Waals surface area contributed by atoms with E-state index < -0.39 is 37.3 Å². The second-order valence-corrected chi connectivity index (χ2v) is 9.18. The quantitative estimate of drug-likeness (QED) is 0.332. The highest BCUT2D eigenvalue weighted by atomic mass is 35.5. The van der Waals surface area contributed by atoms with Crippen LogP contribution in [0, 0.1) is 10.6 Å². The first-order valence-electron chi connectivity index (χ1n) is 9.20. The molecule has 1 aromatic carbocycles. The summed E-state index contributed by atoms with van der Waals surface area (Å²) in [5, 5.41) is 4.96. The van der Waals surface area contributed by atoms with Gasteiger partial charge in [0.15, 0.2) is 10.5 Å². The first kappa shape index (κ1) is 25.3. The van der Waals surface area contributed by atoms with Crippen LogP contribution in [0.2, 0.25) is 5.02 Å². The SMILES string of the molecule is CO.[B]C([B])(O[P+]1(O)OCc2cc(F)ccc2O1)C1CCC(n2cc(Cl)c(=O)[nH]c2=S)O1. The van der Waals surface area contributed by atoms with Gasteiger partial charge in [-0.25, -0.2) is 4.39 Å². The summed E-state index contributed by atoms with van der Waals surface area (Å²) in [5.74, 6) is -0.266. The molecule has 3 unspecified atom stereocenters. The molecule has 0 aliphatic carbocycles. The molecule has 3 N–H and O–H groups in total. The molecule has 0 saturated carbocycles. The van der Waals surface area contributed by atoms with Crippen molar-refractivity contribution in [1.82, 2.24) is 9.55 Å². The van der Waals surface area contributed by atoms with Crippen LogP contribution in [-0.4, -0.2) is 53.9 Å². The lowest BCUT2D eigenvalue weighted by molar-refractivity contribution is -0.0554. The predicted molar refractivity (Wildman–Crippen MR) is 118 cm³/mol. The molecule has 2 aliphatic rings. The Labute approximate surface area is 195 Å². The number of hydrogen-bond acceptors (Lipinski definition) is 8. The fraction of sp³-hybridized carbons (Fsp3) is 0.412. The molecule has 3 heterocycles. The monoisotopic (exact) mass is 501 g/mol. The molecule has 1 aromatic heterocycles. The molecule has 4 radical (unpaired) electrons. The first-order valence-corrected chi connectivity index (χ1v) is 11.5. The van der Waals surface area contributed by atoms with Gasteiger partial charge in [-0.05, 0) is 43.3 Å². The van der Waals surface area contributed by atoms with E-state index in [0.717, 1.165) is 7.11 Å². The third kappa shape index (κ3) is 5.43. The van der Waals surface area contributed by atoms with Crippen molar-refractivity contribution in [3.05, 3.63) is 55.9 Å².